The fourth-order valence-electron chi connectivity index (χ4n) is 3.30. The van der Waals surface area contributed by atoms with E-state index in [1.54, 1.807) is 0 Å². The maximum atomic E-state index is 4.69. The number of hydrogen-bond donors (Lipinski definition) is 0. The average Bonchev–Trinajstić information content (AvgIpc) is 2.63. The highest BCUT2D eigenvalue weighted by molar-refractivity contribution is 9.10. The molecule has 0 N–H and O–H groups in total. The first-order valence-corrected chi connectivity index (χ1v) is 9.53. The Kier molecular flexibility index (Phi) is 5.91. The molecule has 1 aliphatic rings. The summed E-state index contributed by atoms with van der Waals surface area (Å²) in [6.45, 7) is 3.19. The Morgan fingerprint density at radius 3 is 2.76 bits per heavy atom. The van der Waals surface area contributed by atoms with Crippen molar-refractivity contribution >= 4 is 27.7 Å². The van der Waals surface area contributed by atoms with E-state index in [0.29, 0.717) is 6.04 Å². The van der Waals surface area contributed by atoms with Crippen molar-refractivity contribution in [1.29, 1.82) is 0 Å². The summed E-state index contributed by atoms with van der Waals surface area (Å²) in [5.74, 6) is 1.75. The molecule has 5 nitrogen and oxygen atoms in total. The molecule has 0 spiro atoms. The van der Waals surface area contributed by atoms with Gasteiger partial charge >= 0.3 is 0 Å². The summed E-state index contributed by atoms with van der Waals surface area (Å²) in [5, 5.41) is 0. The predicted molar refractivity (Wildman–Crippen MR) is 107 cm³/mol. The Labute approximate surface area is 158 Å². The topological polar surface area (TPSA) is 35.5 Å². The third-order valence-electron chi connectivity index (χ3n) is 4.77. The molecule has 134 valence electrons. The highest BCUT2D eigenvalue weighted by Gasteiger charge is 2.24. The van der Waals surface area contributed by atoms with Crippen molar-refractivity contribution in [3.05, 3.63) is 46.6 Å². The predicted octanol–water partition coefficient (Wildman–Crippen LogP) is 3.41. The molecule has 3 rings (SSSR count). The molecule has 1 atom stereocenters. The smallest absolute Gasteiger partial charge is 0.226 e. The molecule has 1 unspecified atom stereocenters. The molecule has 0 amide bonds. The fraction of sp³-hybridized carbons (Fsp3) is 0.474. The molecule has 1 fully saturated rings. The summed E-state index contributed by atoms with van der Waals surface area (Å²) in [6.07, 6.45) is 4.26. The number of aromatic nitrogens is 2. The maximum absolute atomic E-state index is 4.69. The Bertz CT molecular complexity index is 706. The number of likely N-dealkylation sites (N-methyl/N-ethyl adjacent to an activating group) is 1. The largest absolute Gasteiger partial charge is 0.355 e. The normalized spacial score (nSPS) is 18.2. The first-order valence-electron chi connectivity index (χ1n) is 8.73. The summed E-state index contributed by atoms with van der Waals surface area (Å²) >= 11 is 3.67. The van der Waals surface area contributed by atoms with Crippen LogP contribution in [0.3, 0.4) is 0 Å². The molecule has 0 saturated carbocycles. The highest BCUT2D eigenvalue weighted by atomic mass is 79.9. The van der Waals surface area contributed by atoms with Gasteiger partial charge in [-0.2, -0.15) is 4.98 Å². The minimum Gasteiger partial charge on any atom is -0.355 e. The number of rotatable bonds is 5. The van der Waals surface area contributed by atoms with Crippen LogP contribution in [0, 0.1) is 0 Å². The van der Waals surface area contributed by atoms with Crippen LogP contribution in [0.1, 0.15) is 18.4 Å². The van der Waals surface area contributed by atoms with Crippen molar-refractivity contribution in [2.24, 2.45) is 0 Å². The van der Waals surface area contributed by atoms with E-state index in [4.69, 9.17) is 0 Å². The van der Waals surface area contributed by atoms with Crippen LogP contribution in [-0.2, 0) is 6.54 Å². The zero-order valence-corrected chi connectivity index (χ0v) is 16.8. The van der Waals surface area contributed by atoms with Crippen molar-refractivity contribution < 1.29 is 0 Å². The van der Waals surface area contributed by atoms with Crippen LogP contribution < -0.4 is 9.80 Å². The van der Waals surface area contributed by atoms with Crippen LogP contribution in [0.15, 0.2) is 41.0 Å². The average molecular weight is 404 g/mol. The van der Waals surface area contributed by atoms with Crippen LogP contribution in [0.4, 0.5) is 11.8 Å². The zero-order chi connectivity index (χ0) is 17.8. The first kappa shape index (κ1) is 18.1. The SMILES string of the molecule is CN(C)c1nccc(N(C)C2CCCN(Cc3ccccc3Br)C2)n1. The van der Waals surface area contributed by atoms with Crippen molar-refractivity contribution in [2.75, 3.05) is 44.0 Å². The van der Waals surface area contributed by atoms with E-state index in [0.717, 1.165) is 31.4 Å². The third kappa shape index (κ3) is 4.50. The molecule has 2 heterocycles. The number of halogens is 1. The summed E-state index contributed by atoms with van der Waals surface area (Å²) in [6, 6.07) is 11.0. The van der Waals surface area contributed by atoms with Gasteiger partial charge in [-0.3, -0.25) is 4.90 Å². The molecule has 0 aliphatic carbocycles. The van der Waals surface area contributed by atoms with Crippen molar-refractivity contribution in [3.63, 3.8) is 0 Å². The maximum Gasteiger partial charge on any atom is 0.226 e. The number of benzene rings is 1. The van der Waals surface area contributed by atoms with Gasteiger partial charge in [-0.15, -0.1) is 0 Å². The minimum absolute atomic E-state index is 0.473. The summed E-state index contributed by atoms with van der Waals surface area (Å²) in [7, 11) is 6.09. The lowest BCUT2D eigenvalue weighted by Crippen LogP contribution is -2.46. The molecule has 6 heteroatoms. The van der Waals surface area contributed by atoms with Crippen LogP contribution >= 0.6 is 15.9 Å². The number of hydrogen-bond acceptors (Lipinski definition) is 5. The van der Waals surface area contributed by atoms with Gasteiger partial charge in [-0.25, -0.2) is 4.98 Å². The molecule has 0 radical (unpaired) electrons. The van der Waals surface area contributed by atoms with Crippen LogP contribution in [0.5, 0.6) is 0 Å². The fourth-order valence-corrected chi connectivity index (χ4v) is 3.71. The molecule has 2 aromatic rings. The van der Waals surface area contributed by atoms with Gasteiger partial charge in [0.15, 0.2) is 0 Å². The highest BCUT2D eigenvalue weighted by Crippen LogP contribution is 2.24. The second-order valence-electron chi connectivity index (χ2n) is 6.84. The molecule has 0 bridgehead atoms. The van der Waals surface area contributed by atoms with Crippen molar-refractivity contribution in [1.82, 2.24) is 14.9 Å². The van der Waals surface area contributed by atoms with E-state index >= 15 is 0 Å². The van der Waals surface area contributed by atoms with Gasteiger partial charge < -0.3 is 9.80 Å². The van der Waals surface area contributed by atoms with E-state index in [1.807, 2.05) is 31.3 Å². The van der Waals surface area contributed by atoms with Crippen molar-refractivity contribution in [2.45, 2.75) is 25.4 Å². The zero-order valence-electron chi connectivity index (χ0n) is 15.2. The second kappa shape index (κ2) is 8.15. The van der Waals surface area contributed by atoms with Gasteiger partial charge in [0.1, 0.15) is 5.82 Å². The standard InChI is InChI=1S/C19H26BrN5/c1-23(2)19-21-11-10-18(22-19)24(3)16-8-6-12-25(14-16)13-15-7-4-5-9-17(15)20/h4-5,7,9-11,16H,6,8,12-14H2,1-3H3. The minimum atomic E-state index is 0.473. The molecule has 1 aromatic heterocycles. The summed E-state index contributed by atoms with van der Waals surface area (Å²) in [5.41, 5.74) is 1.35. The molecular weight excluding hydrogens is 378 g/mol. The molecular formula is C19H26BrN5. The number of likely N-dealkylation sites (tertiary alicyclic amines) is 1. The Morgan fingerprint density at radius 1 is 1.20 bits per heavy atom. The first-order chi connectivity index (χ1) is 12.0. The quantitative estimate of drug-likeness (QED) is 0.764. The summed E-state index contributed by atoms with van der Waals surface area (Å²) in [4.78, 5) is 15.8. The van der Waals surface area contributed by atoms with Gasteiger partial charge in [-0.05, 0) is 37.1 Å². The van der Waals surface area contributed by atoms with Gasteiger partial charge in [-0.1, -0.05) is 34.1 Å². The van der Waals surface area contributed by atoms with E-state index in [2.05, 4.69) is 67.0 Å². The van der Waals surface area contributed by atoms with E-state index in [1.165, 1.54) is 22.9 Å². The molecule has 1 saturated heterocycles. The number of anilines is 2. The van der Waals surface area contributed by atoms with Crippen LogP contribution in [0.2, 0.25) is 0 Å². The van der Waals surface area contributed by atoms with Gasteiger partial charge in [0, 0.05) is 50.9 Å². The Hall–Kier alpha value is -1.66. The Balaban J connectivity index is 1.68. The molecule has 1 aliphatic heterocycles. The van der Waals surface area contributed by atoms with Crippen LogP contribution in [0.25, 0.3) is 0 Å². The molecule has 25 heavy (non-hydrogen) atoms. The van der Waals surface area contributed by atoms with E-state index in [-0.39, 0.29) is 0 Å². The lowest BCUT2D eigenvalue weighted by Gasteiger charge is -2.38. The number of nitrogens with zero attached hydrogens (tertiary/aromatic N) is 5. The van der Waals surface area contributed by atoms with Gasteiger partial charge in [0.2, 0.25) is 5.95 Å². The van der Waals surface area contributed by atoms with Gasteiger partial charge in [0.05, 0.1) is 0 Å². The molecule has 1 aromatic carbocycles. The Morgan fingerprint density at radius 2 is 2.00 bits per heavy atom. The van der Waals surface area contributed by atoms with Crippen LogP contribution in [-0.4, -0.2) is 55.1 Å². The third-order valence-corrected chi connectivity index (χ3v) is 5.54. The van der Waals surface area contributed by atoms with E-state index < -0.39 is 0 Å². The monoisotopic (exact) mass is 403 g/mol. The lowest BCUT2D eigenvalue weighted by atomic mass is 10.0. The second-order valence-corrected chi connectivity index (χ2v) is 7.70. The number of piperidine rings is 1. The van der Waals surface area contributed by atoms with Crippen molar-refractivity contribution in [3.8, 4) is 0 Å². The lowest BCUT2D eigenvalue weighted by molar-refractivity contribution is 0.198. The summed E-state index contributed by atoms with van der Waals surface area (Å²) < 4.78 is 1.19. The van der Waals surface area contributed by atoms with E-state index in [9.17, 15) is 0 Å². The van der Waals surface area contributed by atoms with Gasteiger partial charge in [0.25, 0.3) is 0 Å².